The van der Waals surface area contributed by atoms with Crippen molar-refractivity contribution < 1.29 is 9.47 Å². The van der Waals surface area contributed by atoms with Crippen molar-refractivity contribution in [3.63, 3.8) is 0 Å². The fraction of sp³-hybridized carbons (Fsp3) is 0.600. The Bertz CT molecular complexity index is 419. The van der Waals surface area contributed by atoms with E-state index in [9.17, 15) is 0 Å². The molecule has 1 aromatic carbocycles. The zero-order chi connectivity index (χ0) is 13.2. The Labute approximate surface area is 109 Å². The van der Waals surface area contributed by atoms with Gasteiger partial charge in [-0.3, -0.25) is 0 Å². The molecule has 0 aromatic heterocycles. The minimum atomic E-state index is -0.104. The first-order valence-electron chi connectivity index (χ1n) is 6.76. The molecule has 0 saturated carbocycles. The van der Waals surface area contributed by atoms with Gasteiger partial charge in [-0.2, -0.15) is 0 Å². The molecule has 1 aromatic rings. The Morgan fingerprint density at radius 1 is 1.44 bits per heavy atom. The maximum Gasteiger partial charge on any atom is 0.128 e. The number of hydrogen-bond donors (Lipinski definition) is 1. The van der Waals surface area contributed by atoms with Crippen LogP contribution in [-0.4, -0.2) is 12.7 Å². The molecule has 2 N–H and O–H groups in total. The van der Waals surface area contributed by atoms with Gasteiger partial charge in [0.15, 0.2) is 0 Å². The minimum absolute atomic E-state index is 0.0613. The summed E-state index contributed by atoms with van der Waals surface area (Å²) in [6.07, 6.45) is 4.05. The van der Waals surface area contributed by atoms with Gasteiger partial charge in [-0.1, -0.05) is 26.3 Å². The fourth-order valence-corrected chi connectivity index (χ4v) is 2.82. The van der Waals surface area contributed by atoms with Gasteiger partial charge in [0.25, 0.3) is 0 Å². The molecule has 0 bridgehead atoms. The average Bonchev–Trinajstić information content (AvgIpc) is 2.38. The lowest BCUT2D eigenvalue weighted by Crippen LogP contribution is -2.42. The van der Waals surface area contributed by atoms with Gasteiger partial charge < -0.3 is 15.2 Å². The van der Waals surface area contributed by atoms with Crippen molar-refractivity contribution in [3.05, 3.63) is 23.8 Å². The summed E-state index contributed by atoms with van der Waals surface area (Å²) >= 11 is 0. The van der Waals surface area contributed by atoms with Crippen LogP contribution in [0.25, 0.3) is 0 Å². The highest BCUT2D eigenvalue weighted by atomic mass is 16.5. The lowest BCUT2D eigenvalue weighted by Gasteiger charge is -2.41. The predicted octanol–water partition coefficient (Wildman–Crippen LogP) is 3.43. The van der Waals surface area contributed by atoms with Crippen LogP contribution in [0.2, 0.25) is 0 Å². The van der Waals surface area contributed by atoms with E-state index in [1.807, 2.05) is 18.2 Å². The molecular formula is C15H23NO2. The second-order valence-corrected chi connectivity index (χ2v) is 5.10. The molecule has 3 nitrogen and oxygen atoms in total. The molecular weight excluding hydrogens is 226 g/mol. The number of methoxy groups -OCH3 is 1. The van der Waals surface area contributed by atoms with Crippen molar-refractivity contribution >= 4 is 0 Å². The first-order chi connectivity index (χ1) is 8.64. The maximum atomic E-state index is 6.30. The van der Waals surface area contributed by atoms with Crippen molar-refractivity contribution in [2.24, 2.45) is 5.73 Å². The largest absolute Gasteiger partial charge is 0.497 e. The van der Waals surface area contributed by atoms with Crippen LogP contribution in [0.1, 0.15) is 51.1 Å². The number of rotatable bonds is 4. The smallest absolute Gasteiger partial charge is 0.128 e. The van der Waals surface area contributed by atoms with Crippen LogP contribution in [0.3, 0.4) is 0 Å². The molecule has 0 fully saturated rings. The minimum Gasteiger partial charge on any atom is -0.497 e. The highest BCUT2D eigenvalue weighted by Gasteiger charge is 2.37. The van der Waals surface area contributed by atoms with Crippen molar-refractivity contribution in [1.29, 1.82) is 0 Å². The zero-order valence-corrected chi connectivity index (χ0v) is 11.5. The standard InChI is InChI=1S/C15H23NO2/c1-4-8-15(5-2)10-13(16)12-7-6-11(17-3)9-14(12)18-15/h6-7,9,13H,4-5,8,10,16H2,1-3H3/t13-,15?/m0/s1. The van der Waals surface area contributed by atoms with E-state index in [0.717, 1.165) is 42.7 Å². The van der Waals surface area contributed by atoms with Crippen LogP contribution in [0.15, 0.2) is 18.2 Å². The van der Waals surface area contributed by atoms with Gasteiger partial charge in [-0.05, 0) is 18.9 Å². The summed E-state index contributed by atoms with van der Waals surface area (Å²) in [6.45, 7) is 4.36. The van der Waals surface area contributed by atoms with Gasteiger partial charge in [0.05, 0.1) is 7.11 Å². The fourth-order valence-electron chi connectivity index (χ4n) is 2.82. The molecule has 1 heterocycles. The first-order valence-corrected chi connectivity index (χ1v) is 6.76. The van der Waals surface area contributed by atoms with Crippen molar-refractivity contribution in [1.82, 2.24) is 0 Å². The summed E-state index contributed by atoms with van der Waals surface area (Å²) < 4.78 is 11.5. The molecule has 18 heavy (non-hydrogen) atoms. The van der Waals surface area contributed by atoms with E-state index in [-0.39, 0.29) is 11.6 Å². The summed E-state index contributed by atoms with van der Waals surface area (Å²) in [4.78, 5) is 0. The number of fused-ring (bicyclic) bond motifs is 1. The Kier molecular flexibility index (Phi) is 3.81. The van der Waals surface area contributed by atoms with Crippen LogP contribution in [0, 0.1) is 0 Å². The third kappa shape index (κ3) is 2.32. The maximum absolute atomic E-state index is 6.30. The van der Waals surface area contributed by atoms with Crippen LogP contribution < -0.4 is 15.2 Å². The van der Waals surface area contributed by atoms with Crippen LogP contribution >= 0.6 is 0 Å². The number of nitrogens with two attached hydrogens (primary N) is 1. The molecule has 2 atom stereocenters. The van der Waals surface area contributed by atoms with Crippen molar-refractivity contribution in [3.8, 4) is 11.5 Å². The van der Waals surface area contributed by atoms with E-state index in [1.54, 1.807) is 7.11 Å². The van der Waals surface area contributed by atoms with Gasteiger partial charge in [-0.15, -0.1) is 0 Å². The van der Waals surface area contributed by atoms with Crippen LogP contribution in [0.5, 0.6) is 11.5 Å². The van der Waals surface area contributed by atoms with E-state index in [1.165, 1.54) is 0 Å². The molecule has 1 unspecified atom stereocenters. The number of ether oxygens (including phenoxy) is 2. The second kappa shape index (κ2) is 5.19. The van der Waals surface area contributed by atoms with Gasteiger partial charge in [-0.25, -0.2) is 0 Å². The summed E-state index contributed by atoms with van der Waals surface area (Å²) in [7, 11) is 1.67. The van der Waals surface area contributed by atoms with E-state index in [4.69, 9.17) is 15.2 Å². The first kappa shape index (κ1) is 13.2. The van der Waals surface area contributed by atoms with Crippen LogP contribution in [-0.2, 0) is 0 Å². The Morgan fingerprint density at radius 3 is 2.83 bits per heavy atom. The third-order valence-corrected chi connectivity index (χ3v) is 3.89. The summed E-state index contributed by atoms with van der Waals surface area (Å²) in [5, 5.41) is 0. The Balaban J connectivity index is 2.35. The molecule has 100 valence electrons. The van der Waals surface area contributed by atoms with E-state index in [0.29, 0.717) is 0 Å². The highest BCUT2D eigenvalue weighted by molar-refractivity contribution is 5.44. The lowest BCUT2D eigenvalue weighted by atomic mass is 9.83. The average molecular weight is 249 g/mol. The summed E-state index contributed by atoms with van der Waals surface area (Å²) in [6, 6.07) is 5.98. The quantitative estimate of drug-likeness (QED) is 0.889. The molecule has 0 amide bonds. The van der Waals surface area contributed by atoms with Crippen LogP contribution in [0.4, 0.5) is 0 Å². The number of hydrogen-bond acceptors (Lipinski definition) is 3. The summed E-state index contributed by atoms with van der Waals surface area (Å²) in [5.41, 5.74) is 7.29. The predicted molar refractivity (Wildman–Crippen MR) is 73.1 cm³/mol. The topological polar surface area (TPSA) is 44.5 Å². The zero-order valence-electron chi connectivity index (χ0n) is 11.5. The molecule has 1 aliphatic heterocycles. The molecule has 3 heteroatoms. The van der Waals surface area contributed by atoms with Crippen molar-refractivity contribution in [2.75, 3.05) is 7.11 Å². The summed E-state index contributed by atoms with van der Waals surface area (Å²) in [5.74, 6) is 1.72. The highest BCUT2D eigenvalue weighted by Crippen LogP contribution is 2.43. The van der Waals surface area contributed by atoms with E-state index >= 15 is 0 Å². The normalized spacial score (nSPS) is 26.3. The Hall–Kier alpha value is -1.22. The van der Waals surface area contributed by atoms with E-state index in [2.05, 4.69) is 13.8 Å². The molecule has 0 radical (unpaired) electrons. The molecule has 2 rings (SSSR count). The molecule has 1 aliphatic rings. The van der Waals surface area contributed by atoms with Gasteiger partial charge >= 0.3 is 0 Å². The number of benzene rings is 1. The molecule has 0 spiro atoms. The Morgan fingerprint density at radius 2 is 2.22 bits per heavy atom. The van der Waals surface area contributed by atoms with Gasteiger partial charge in [0, 0.05) is 24.1 Å². The third-order valence-electron chi connectivity index (χ3n) is 3.89. The monoisotopic (exact) mass is 249 g/mol. The van der Waals surface area contributed by atoms with Gasteiger partial charge in [0.2, 0.25) is 0 Å². The second-order valence-electron chi connectivity index (χ2n) is 5.10. The molecule has 0 saturated heterocycles. The van der Waals surface area contributed by atoms with E-state index < -0.39 is 0 Å². The van der Waals surface area contributed by atoms with Gasteiger partial charge in [0.1, 0.15) is 17.1 Å². The lowest BCUT2D eigenvalue weighted by molar-refractivity contribution is 0.0228. The SMILES string of the molecule is CCCC1(CC)C[C@H](N)c2ccc(OC)cc2O1. The van der Waals surface area contributed by atoms with Crippen molar-refractivity contribution in [2.45, 2.75) is 51.2 Å². The molecule has 0 aliphatic carbocycles.